The van der Waals surface area contributed by atoms with E-state index in [2.05, 4.69) is 10.1 Å². The van der Waals surface area contributed by atoms with Gasteiger partial charge in [-0.15, -0.1) is 0 Å². The molecule has 11 heavy (non-hydrogen) atoms. The number of amides is 1. The Morgan fingerprint density at radius 2 is 2.27 bits per heavy atom. The zero-order chi connectivity index (χ0) is 8.69. The number of nitrogens with one attached hydrogen (secondary N) is 1. The Hall–Kier alpha value is -1.32. The third kappa shape index (κ3) is 3.40. The number of ether oxygens (including phenoxy) is 1. The van der Waals surface area contributed by atoms with Crippen LogP contribution in [0.25, 0.3) is 0 Å². The Balaban J connectivity index is 4.04. The van der Waals surface area contributed by atoms with Gasteiger partial charge in [0.1, 0.15) is 5.70 Å². The molecule has 0 rings (SSSR count). The van der Waals surface area contributed by atoms with Gasteiger partial charge < -0.3 is 10.1 Å². The summed E-state index contributed by atoms with van der Waals surface area (Å²) in [6.07, 6.45) is 1.92. The van der Waals surface area contributed by atoms with Crippen LogP contribution in [0.15, 0.2) is 11.8 Å². The number of allylic oxidation sites excluding steroid dienone is 1. The van der Waals surface area contributed by atoms with Crippen LogP contribution in [0.1, 0.15) is 13.8 Å². The molecule has 0 radical (unpaired) electrons. The minimum atomic E-state index is -0.512. The van der Waals surface area contributed by atoms with Gasteiger partial charge in [0.05, 0.1) is 6.61 Å². The molecule has 0 aromatic heterocycles. The van der Waals surface area contributed by atoms with Gasteiger partial charge >= 0.3 is 5.97 Å². The molecule has 0 heterocycles. The molecule has 1 amide bonds. The van der Waals surface area contributed by atoms with E-state index in [1.165, 1.54) is 6.08 Å². The van der Waals surface area contributed by atoms with Crippen molar-refractivity contribution in [1.29, 1.82) is 0 Å². The molecular weight excluding hydrogens is 146 g/mol. The van der Waals surface area contributed by atoms with Crippen molar-refractivity contribution in [3.8, 4) is 0 Å². The summed E-state index contributed by atoms with van der Waals surface area (Å²) in [6.45, 7) is 3.64. The van der Waals surface area contributed by atoms with Gasteiger partial charge in [0, 0.05) is 0 Å². The predicted octanol–water partition coefficient (Wildman–Crippen LogP) is 0.199. The molecule has 0 saturated heterocycles. The van der Waals surface area contributed by atoms with Gasteiger partial charge in [0.15, 0.2) is 0 Å². The normalized spacial score (nSPS) is 10.5. The Labute approximate surface area is 65.2 Å². The lowest BCUT2D eigenvalue weighted by Gasteiger charge is -2.02. The Bertz CT molecular complexity index is 175. The number of carbonyl (C=O) groups is 2. The zero-order valence-electron chi connectivity index (χ0n) is 6.59. The van der Waals surface area contributed by atoms with E-state index in [9.17, 15) is 9.59 Å². The van der Waals surface area contributed by atoms with Crippen molar-refractivity contribution < 1.29 is 14.3 Å². The predicted molar refractivity (Wildman–Crippen MR) is 39.6 cm³/mol. The summed E-state index contributed by atoms with van der Waals surface area (Å²) in [5.74, 6) is -0.512. The molecule has 62 valence electrons. The summed E-state index contributed by atoms with van der Waals surface area (Å²) >= 11 is 0. The second kappa shape index (κ2) is 5.46. The van der Waals surface area contributed by atoms with Crippen molar-refractivity contribution in [2.75, 3.05) is 6.61 Å². The molecule has 0 aliphatic rings. The average Bonchev–Trinajstić information content (AvgIpc) is 2.00. The maximum absolute atomic E-state index is 10.9. The van der Waals surface area contributed by atoms with E-state index in [0.29, 0.717) is 13.0 Å². The second-order valence-corrected chi connectivity index (χ2v) is 1.69. The van der Waals surface area contributed by atoms with Crippen molar-refractivity contribution in [3.05, 3.63) is 11.8 Å². The van der Waals surface area contributed by atoms with Crippen molar-refractivity contribution in [2.45, 2.75) is 13.8 Å². The first-order valence-electron chi connectivity index (χ1n) is 3.29. The number of hydrogen-bond acceptors (Lipinski definition) is 3. The smallest absolute Gasteiger partial charge is 0.354 e. The molecule has 0 aliphatic heterocycles. The van der Waals surface area contributed by atoms with Crippen molar-refractivity contribution in [2.24, 2.45) is 0 Å². The van der Waals surface area contributed by atoms with E-state index in [4.69, 9.17) is 0 Å². The SMILES string of the molecule is C/C=C(/NC=O)C(=O)OCC. The van der Waals surface area contributed by atoms with E-state index in [1.807, 2.05) is 0 Å². The second-order valence-electron chi connectivity index (χ2n) is 1.69. The van der Waals surface area contributed by atoms with Gasteiger partial charge in [-0.2, -0.15) is 0 Å². The fourth-order valence-corrected chi connectivity index (χ4v) is 0.532. The summed E-state index contributed by atoms with van der Waals surface area (Å²) in [6, 6.07) is 0. The number of hydrogen-bond donors (Lipinski definition) is 1. The molecule has 0 spiro atoms. The monoisotopic (exact) mass is 157 g/mol. The van der Waals surface area contributed by atoms with Gasteiger partial charge in [-0.05, 0) is 13.8 Å². The largest absolute Gasteiger partial charge is 0.461 e. The quantitative estimate of drug-likeness (QED) is 0.360. The minimum Gasteiger partial charge on any atom is -0.461 e. The lowest BCUT2D eigenvalue weighted by molar-refractivity contribution is -0.139. The molecule has 0 aliphatic carbocycles. The first-order chi connectivity index (χ1) is 5.26. The molecule has 4 nitrogen and oxygen atoms in total. The summed E-state index contributed by atoms with van der Waals surface area (Å²) in [5.41, 5.74) is 0.168. The molecule has 0 saturated carbocycles. The van der Waals surface area contributed by atoms with Crippen LogP contribution in [0, 0.1) is 0 Å². The van der Waals surface area contributed by atoms with Crippen LogP contribution >= 0.6 is 0 Å². The van der Waals surface area contributed by atoms with E-state index < -0.39 is 5.97 Å². The first kappa shape index (κ1) is 9.68. The van der Waals surface area contributed by atoms with Gasteiger partial charge in [-0.1, -0.05) is 6.08 Å². The van der Waals surface area contributed by atoms with Crippen LogP contribution < -0.4 is 5.32 Å². The molecule has 1 N–H and O–H groups in total. The molecule has 0 aromatic rings. The maximum atomic E-state index is 10.9. The Morgan fingerprint density at radius 1 is 1.64 bits per heavy atom. The third-order valence-electron chi connectivity index (χ3n) is 0.998. The number of rotatable bonds is 4. The maximum Gasteiger partial charge on any atom is 0.354 e. The number of carbonyl (C=O) groups excluding carboxylic acids is 2. The minimum absolute atomic E-state index is 0.168. The van der Waals surface area contributed by atoms with Crippen LogP contribution in [0.4, 0.5) is 0 Å². The van der Waals surface area contributed by atoms with E-state index in [0.717, 1.165) is 0 Å². The zero-order valence-corrected chi connectivity index (χ0v) is 6.59. The molecule has 4 heteroatoms. The summed E-state index contributed by atoms with van der Waals surface area (Å²) in [7, 11) is 0. The van der Waals surface area contributed by atoms with E-state index >= 15 is 0 Å². The summed E-state index contributed by atoms with van der Waals surface area (Å²) < 4.78 is 4.62. The van der Waals surface area contributed by atoms with Crippen molar-refractivity contribution >= 4 is 12.4 Å². The fourth-order valence-electron chi connectivity index (χ4n) is 0.532. The van der Waals surface area contributed by atoms with Crippen molar-refractivity contribution in [3.63, 3.8) is 0 Å². The Morgan fingerprint density at radius 3 is 2.64 bits per heavy atom. The molecule has 0 bridgehead atoms. The molecular formula is C7H11NO3. The third-order valence-corrected chi connectivity index (χ3v) is 0.998. The van der Waals surface area contributed by atoms with Gasteiger partial charge in [0.25, 0.3) is 0 Å². The topological polar surface area (TPSA) is 55.4 Å². The van der Waals surface area contributed by atoms with Crippen LogP contribution in [0.2, 0.25) is 0 Å². The Kier molecular flexibility index (Phi) is 4.81. The van der Waals surface area contributed by atoms with Gasteiger partial charge in [0.2, 0.25) is 6.41 Å². The molecule has 0 atom stereocenters. The highest BCUT2D eigenvalue weighted by atomic mass is 16.5. The first-order valence-corrected chi connectivity index (χ1v) is 3.29. The standard InChI is InChI=1S/C7H11NO3/c1-3-6(8-5-9)7(10)11-4-2/h3,5H,4H2,1-2H3,(H,8,9)/b6-3+. The lowest BCUT2D eigenvalue weighted by Crippen LogP contribution is -2.20. The van der Waals surface area contributed by atoms with Crippen LogP contribution in [-0.2, 0) is 14.3 Å². The highest BCUT2D eigenvalue weighted by Gasteiger charge is 2.06. The van der Waals surface area contributed by atoms with E-state index in [1.54, 1.807) is 13.8 Å². The molecule has 0 aromatic carbocycles. The number of esters is 1. The van der Waals surface area contributed by atoms with E-state index in [-0.39, 0.29) is 5.70 Å². The van der Waals surface area contributed by atoms with Crippen LogP contribution in [0.3, 0.4) is 0 Å². The van der Waals surface area contributed by atoms with Crippen LogP contribution in [-0.4, -0.2) is 19.0 Å². The van der Waals surface area contributed by atoms with Gasteiger partial charge in [-0.25, -0.2) is 4.79 Å². The van der Waals surface area contributed by atoms with Crippen molar-refractivity contribution in [1.82, 2.24) is 5.32 Å². The summed E-state index contributed by atoms with van der Waals surface area (Å²) in [5, 5.41) is 2.22. The highest BCUT2D eigenvalue weighted by Crippen LogP contribution is 1.91. The van der Waals surface area contributed by atoms with Crippen LogP contribution in [0.5, 0.6) is 0 Å². The molecule has 0 fully saturated rings. The molecule has 0 unspecified atom stereocenters. The van der Waals surface area contributed by atoms with Gasteiger partial charge in [-0.3, -0.25) is 4.79 Å². The average molecular weight is 157 g/mol. The fraction of sp³-hybridized carbons (Fsp3) is 0.429. The summed E-state index contributed by atoms with van der Waals surface area (Å²) in [4.78, 5) is 20.8. The lowest BCUT2D eigenvalue weighted by atomic mass is 10.4. The highest BCUT2D eigenvalue weighted by molar-refractivity contribution is 5.90.